The second-order valence-electron chi connectivity index (χ2n) is 13.2. The number of aromatic nitrogens is 3. The Morgan fingerprint density at radius 2 is 1.00 bits per heavy atom. The van der Waals surface area contributed by atoms with Crippen molar-refractivity contribution in [3.05, 3.63) is 164 Å². The highest BCUT2D eigenvalue weighted by Gasteiger charge is 2.21. The molecule has 3 aromatic heterocycles. The van der Waals surface area contributed by atoms with Gasteiger partial charge >= 0.3 is 0 Å². The first kappa shape index (κ1) is 28.7. The van der Waals surface area contributed by atoms with E-state index in [9.17, 15) is 0 Å². The standard InChI is InChI=1S/C47H27N3O2/c1-2-12-29(13-3-1)45-48-46(32-23-24-41-37(26-32)35-16-8-9-19-40(35)51-41)50-47(49-45)38-27-39-43-33(31-22-21-28-11-4-5-14-30(28)25-31)18-10-20-42(43)52-44(39)36-17-7-6-15-34(36)38/h1-27H. The van der Waals surface area contributed by atoms with Crippen LogP contribution in [0.1, 0.15) is 0 Å². The summed E-state index contributed by atoms with van der Waals surface area (Å²) >= 11 is 0. The molecule has 52 heavy (non-hydrogen) atoms. The van der Waals surface area contributed by atoms with Crippen LogP contribution in [-0.4, -0.2) is 15.0 Å². The van der Waals surface area contributed by atoms with E-state index in [0.29, 0.717) is 17.5 Å². The monoisotopic (exact) mass is 665 g/mol. The lowest BCUT2D eigenvalue weighted by molar-refractivity contribution is 0.669. The van der Waals surface area contributed by atoms with E-state index < -0.39 is 0 Å². The molecular weight excluding hydrogens is 639 g/mol. The zero-order valence-corrected chi connectivity index (χ0v) is 27.7. The van der Waals surface area contributed by atoms with Crippen LogP contribution >= 0.6 is 0 Å². The molecule has 3 heterocycles. The van der Waals surface area contributed by atoms with E-state index in [-0.39, 0.29) is 0 Å². The number of furan rings is 2. The van der Waals surface area contributed by atoms with E-state index in [1.165, 1.54) is 10.8 Å². The Kier molecular flexibility index (Phi) is 6.18. The van der Waals surface area contributed by atoms with Crippen LogP contribution in [0.4, 0.5) is 0 Å². The Hall–Kier alpha value is -7.11. The molecule has 0 radical (unpaired) electrons. The molecule has 11 rings (SSSR count). The van der Waals surface area contributed by atoms with Crippen molar-refractivity contribution in [2.24, 2.45) is 0 Å². The second kappa shape index (κ2) is 11.2. The molecule has 5 nitrogen and oxygen atoms in total. The Balaban J connectivity index is 1.18. The highest BCUT2D eigenvalue weighted by atomic mass is 16.3. The lowest BCUT2D eigenvalue weighted by Crippen LogP contribution is -2.00. The van der Waals surface area contributed by atoms with E-state index in [1.54, 1.807) is 0 Å². The van der Waals surface area contributed by atoms with Crippen molar-refractivity contribution in [1.29, 1.82) is 0 Å². The third-order valence-electron chi connectivity index (χ3n) is 10.1. The number of rotatable bonds is 4. The molecule has 0 saturated carbocycles. The van der Waals surface area contributed by atoms with E-state index >= 15 is 0 Å². The molecule has 0 unspecified atom stereocenters. The number of nitrogens with zero attached hydrogens (tertiary/aromatic N) is 3. The molecule has 0 atom stereocenters. The minimum Gasteiger partial charge on any atom is -0.456 e. The maximum Gasteiger partial charge on any atom is 0.164 e. The van der Waals surface area contributed by atoms with Gasteiger partial charge in [0, 0.05) is 43.6 Å². The predicted octanol–water partition coefficient (Wildman–Crippen LogP) is 12.6. The molecule has 0 amide bonds. The molecule has 11 aromatic rings. The summed E-state index contributed by atoms with van der Waals surface area (Å²) in [6, 6.07) is 56.3. The quantitative estimate of drug-likeness (QED) is 0.187. The van der Waals surface area contributed by atoms with Crippen molar-refractivity contribution in [1.82, 2.24) is 15.0 Å². The van der Waals surface area contributed by atoms with Gasteiger partial charge in [0.05, 0.1) is 0 Å². The van der Waals surface area contributed by atoms with Gasteiger partial charge < -0.3 is 8.83 Å². The molecule has 242 valence electrons. The summed E-state index contributed by atoms with van der Waals surface area (Å²) in [6.45, 7) is 0. The van der Waals surface area contributed by atoms with Gasteiger partial charge in [-0.25, -0.2) is 15.0 Å². The lowest BCUT2D eigenvalue weighted by Gasteiger charge is -2.11. The highest BCUT2D eigenvalue weighted by molar-refractivity contribution is 6.22. The van der Waals surface area contributed by atoms with Crippen LogP contribution < -0.4 is 0 Å². The first-order valence-electron chi connectivity index (χ1n) is 17.3. The molecule has 0 fully saturated rings. The zero-order chi connectivity index (χ0) is 34.2. The number of hydrogen-bond acceptors (Lipinski definition) is 5. The fourth-order valence-corrected chi connectivity index (χ4v) is 7.64. The molecule has 5 heteroatoms. The minimum atomic E-state index is 0.592. The summed E-state index contributed by atoms with van der Waals surface area (Å²) in [5.41, 5.74) is 8.33. The van der Waals surface area contributed by atoms with Crippen LogP contribution in [0, 0.1) is 0 Å². The average molecular weight is 666 g/mol. The maximum atomic E-state index is 6.70. The fraction of sp³-hybridized carbons (Fsp3) is 0. The van der Waals surface area contributed by atoms with Crippen LogP contribution in [0.2, 0.25) is 0 Å². The fourth-order valence-electron chi connectivity index (χ4n) is 7.64. The van der Waals surface area contributed by atoms with Gasteiger partial charge in [0.1, 0.15) is 22.3 Å². The van der Waals surface area contributed by atoms with Gasteiger partial charge in [0.15, 0.2) is 17.5 Å². The summed E-state index contributed by atoms with van der Waals surface area (Å²) in [7, 11) is 0. The molecule has 0 aliphatic carbocycles. The van der Waals surface area contributed by atoms with Gasteiger partial charge in [-0.3, -0.25) is 0 Å². The number of para-hydroxylation sites is 1. The van der Waals surface area contributed by atoms with Gasteiger partial charge in [0.2, 0.25) is 0 Å². The molecule has 8 aromatic carbocycles. The molecule has 0 spiro atoms. The smallest absolute Gasteiger partial charge is 0.164 e. The van der Waals surface area contributed by atoms with Crippen LogP contribution in [0.3, 0.4) is 0 Å². The summed E-state index contributed by atoms with van der Waals surface area (Å²) in [5.74, 6) is 1.79. The first-order valence-corrected chi connectivity index (χ1v) is 17.3. The highest BCUT2D eigenvalue weighted by Crippen LogP contribution is 2.43. The molecule has 0 aliphatic heterocycles. The van der Waals surface area contributed by atoms with Crippen LogP contribution in [0.5, 0.6) is 0 Å². The average Bonchev–Trinajstić information content (AvgIpc) is 3.79. The van der Waals surface area contributed by atoms with Crippen molar-refractivity contribution < 1.29 is 8.83 Å². The summed E-state index contributed by atoms with van der Waals surface area (Å²) in [5, 5.41) is 8.58. The van der Waals surface area contributed by atoms with Gasteiger partial charge in [0.25, 0.3) is 0 Å². The molecule has 0 saturated heterocycles. The van der Waals surface area contributed by atoms with Crippen molar-refractivity contribution in [2.45, 2.75) is 0 Å². The summed E-state index contributed by atoms with van der Waals surface area (Å²) in [4.78, 5) is 15.5. The largest absolute Gasteiger partial charge is 0.456 e. The van der Waals surface area contributed by atoms with E-state index in [2.05, 4.69) is 103 Å². The Labute approximate surface area is 297 Å². The van der Waals surface area contributed by atoms with E-state index in [1.807, 2.05) is 60.7 Å². The van der Waals surface area contributed by atoms with Crippen LogP contribution in [0.15, 0.2) is 173 Å². The van der Waals surface area contributed by atoms with Gasteiger partial charge in [-0.05, 0) is 69.8 Å². The normalized spacial score (nSPS) is 11.8. The van der Waals surface area contributed by atoms with Crippen molar-refractivity contribution in [2.75, 3.05) is 0 Å². The molecular formula is C47H27N3O2. The van der Waals surface area contributed by atoms with E-state index in [4.69, 9.17) is 23.8 Å². The van der Waals surface area contributed by atoms with Crippen molar-refractivity contribution in [3.63, 3.8) is 0 Å². The number of fused-ring (bicyclic) bond motifs is 9. The number of benzene rings is 8. The molecule has 0 bridgehead atoms. The Morgan fingerprint density at radius 3 is 1.88 bits per heavy atom. The Morgan fingerprint density at radius 1 is 0.327 bits per heavy atom. The Bertz CT molecular complexity index is 3190. The predicted molar refractivity (Wildman–Crippen MR) is 211 cm³/mol. The summed E-state index contributed by atoms with van der Waals surface area (Å²) < 4.78 is 12.8. The number of hydrogen-bond donors (Lipinski definition) is 0. The van der Waals surface area contributed by atoms with Crippen LogP contribution in [-0.2, 0) is 0 Å². The molecule has 0 N–H and O–H groups in total. The van der Waals surface area contributed by atoms with Crippen molar-refractivity contribution >= 4 is 65.4 Å². The van der Waals surface area contributed by atoms with Gasteiger partial charge in [-0.2, -0.15) is 0 Å². The third kappa shape index (κ3) is 4.46. The van der Waals surface area contributed by atoms with Gasteiger partial charge in [-0.15, -0.1) is 0 Å². The topological polar surface area (TPSA) is 65.0 Å². The van der Waals surface area contributed by atoms with Crippen LogP contribution in [0.25, 0.3) is 111 Å². The maximum absolute atomic E-state index is 6.70. The lowest BCUT2D eigenvalue weighted by atomic mass is 9.94. The molecule has 0 aliphatic rings. The first-order chi connectivity index (χ1) is 25.7. The van der Waals surface area contributed by atoms with E-state index in [0.717, 1.165) is 82.5 Å². The summed E-state index contributed by atoms with van der Waals surface area (Å²) in [6.07, 6.45) is 0. The van der Waals surface area contributed by atoms with Crippen molar-refractivity contribution in [3.8, 4) is 45.3 Å². The SMILES string of the molecule is c1ccc(-c2nc(-c3ccc4oc5ccccc5c4c3)nc(-c3cc4c(oc5cccc(-c6ccc7ccccc7c6)c54)c4ccccc34)n2)cc1. The minimum absolute atomic E-state index is 0.592. The third-order valence-corrected chi connectivity index (χ3v) is 10.1. The van der Waals surface area contributed by atoms with Gasteiger partial charge in [-0.1, -0.05) is 121 Å². The second-order valence-corrected chi connectivity index (χ2v) is 13.2. The zero-order valence-electron chi connectivity index (χ0n) is 27.7.